The third-order valence-corrected chi connectivity index (χ3v) is 4.93. The quantitative estimate of drug-likeness (QED) is 0.684. The zero-order chi connectivity index (χ0) is 10.9. The van der Waals surface area contributed by atoms with Gasteiger partial charge in [-0.1, -0.05) is 0 Å². The van der Waals surface area contributed by atoms with Gasteiger partial charge in [0.25, 0.3) is 0 Å². The van der Waals surface area contributed by atoms with Crippen LogP contribution in [0, 0.1) is 0 Å². The van der Waals surface area contributed by atoms with Crippen molar-refractivity contribution >= 4 is 10.0 Å². The Morgan fingerprint density at radius 1 is 1.13 bits per heavy atom. The number of aliphatic hydroxyl groups is 1. The van der Waals surface area contributed by atoms with Gasteiger partial charge in [-0.2, -0.15) is 4.31 Å². The van der Waals surface area contributed by atoms with Crippen molar-refractivity contribution in [3.05, 3.63) is 0 Å². The lowest BCUT2D eigenvalue weighted by Crippen LogP contribution is -2.50. The topological polar surface area (TPSA) is 60.9 Å². The van der Waals surface area contributed by atoms with E-state index in [1.807, 2.05) is 0 Å². The molecule has 1 saturated heterocycles. The molecule has 6 heteroatoms. The van der Waals surface area contributed by atoms with Crippen LogP contribution in [0.5, 0.6) is 0 Å². The number of hydrogen-bond donors (Lipinski definition) is 1. The highest BCUT2D eigenvalue weighted by atomic mass is 32.2. The molecule has 1 aliphatic heterocycles. The Hall–Kier alpha value is -0.170. The highest BCUT2D eigenvalue weighted by Gasteiger charge is 2.33. The fourth-order valence-corrected chi connectivity index (χ4v) is 3.24. The Balaban J connectivity index is 1.86. The van der Waals surface area contributed by atoms with E-state index in [1.165, 1.54) is 17.1 Å². The van der Waals surface area contributed by atoms with Crippen molar-refractivity contribution in [2.75, 3.05) is 38.5 Å². The van der Waals surface area contributed by atoms with Gasteiger partial charge in [0.1, 0.15) is 0 Å². The molecular formula is C9H18N2O3S. The molecule has 88 valence electrons. The summed E-state index contributed by atoms with van der Waals surface area (Å²) in [5, 5.41) is 8.67. The van der Waals surface area contributed by atoms with Crippen LogP contribution in [0.1, 0.15) is 12.8 Å². The molecule has 2 aliphatic rings. The average molecular weight is 234 g/mol. The Morgan fingerprint density at radius 3 is 2.20 bits per heavy atom. The molecule has 0 aromatic heterocycles. The first kappa shape index (κ1) is 11.3. The Kier molecular flexibility index (Phi) is 3.30. The summed E-state index contributed by atoms with van der Waals surface area (Å²) in [6.07, 6.45) is 2.53. The van der Waals surface area contributed by atoms with Crippen LogP contribution in [-0.2, 0) is 10.0 Å². The molecule has 15 heavy (non-hydrogen) atoms. The molecule has 0 aromatic rings. The van der Waals surface area contributed by atoms with Crippen molar-refractivity contribution in [2.45, 2.75) is 18.9 Å². The number of piperazine rings is 1. The summed E-state index contributed by atoms with van der Waals surface area (Å²) in [5.74, 6) is -0.142. The van der Waals surface area contributed by atoms with E-state index in [9.17, 15) is 8.42 Å². The Morgan fingerprint density at radius 2 is 1.73 bits per heavy atom. The number of sulfonamides is 1. The predicted molar refractivity (Wildman–Crippen MR) is 57.0 cm³/mol. The van der Waals surface area contributed by atoms with Crippen LogP contribution in [-0.4, -0.2) is 67.3 Å². The highest BCUT2D eigenvalue weighted by molar-refractivity contribution is 7.89. The van der Waals surface area contributed by atoms with Gasteiger partial charge in [0.2, 0.25) is 10.0 Å². The van der Waals surface area contributed by atoms with E-state index in [0.717, 1.165) is 13.1 Å². The SMILES string of the molecule is O=S(=O)(CCO)N1CCN(C2CC2)CC1. The largest absolute Gasteiger partial charge is 0.395 e. The molecule has 0 atom stereocenters. The van der Waals surface area contributed by atoms with Crippen molar-refractivity contribution < 1.29 is 13.5 Å². The van der Waals surface area contributed by atoms with E-state index in [1.54, 1.807) is 0 Å². The summed E-state index contributed by atoms with van der Waals surface area (Å²) < 4.78 is 24.8. The standard InChI is InChI=1S/C9H18N2O3S/c12-7-8-15(13,14)11-5-3-10(4-6-11)9-1-2-9/h9,12H,1-8H2. The lowest BCUT2D eigenvalue weighted by molar-refractivity contribution is 0.180. The molecule has 0 spiro atoms. The van der Waals surface area contributed by atoms with Crippen LogP contribution in [0.2, 0.25) is 0 Å². The normalized spacial score (nSPS) is 25.7. The van der Waals surface area contributed by atoms with Gasteiger partial charge in [-0.05, 0) is 12.8 Å². The summed E-state index contributed by atoms with van der Waals surface area (Å²) >= 11 is 0. The summed E-state index contributed by atoms with van der Waals surface area (Å²) in [6, 6.07) is 0.715. The van der Waals surface area contributed by atoms with Gasteiger partial charge in [-0.25, -0.2) is 8.42 Å². The van der Waals surface area contributed by atoms with Crippen LogP contribution in [0.4, 0.5) is 0 Å². The van der Waals surface area contributed by atoms with Crippen LogP contribution < -0.4 is 0 Å². The molecule has 2 rings (SSSR count). The zero-order valence-electron chi connectivity index (χ0n) is 8.80. The second kappa shape index (κ2) is 4.37. The highest BCUT2D eigenvalue weighted by Crippen LogP contribution is 2.27. The number of hydrogen-bond acceptors (Lipinski definition) is 4. The maximum absolute atomic E-state index is 11.6. The number of nitrogens with zero attached hydrogens (tertiary/aromatic N) is 2. The van der Waals surface area contributed by atoms with Gasteiger partial charge in [-0.15, -0.1) is 0 Å². The maximum atomic E-state index is 11.6. The summed E-state index contributed by atoms with van der Waals surface area (Å²) in [5.41, 5.74) is 0. The monoisotopic (exact) mass is 234 g/mol. The molecule has 0 bridgehead atoms. The third-order valence-electron chi connectivity index (χ3n) is 3.08. The molecule has 1 aliphatic carbocycles. The lowest BCUT2D eigenvalue weighted by Gasteiger charge is -2.33. The second-order valence-corrected chi connectivity index (χ2v) is 6.29. The van der Waals surface area contributed by atoms with Crippen molar-refractivity contribution in [1.29, 1.82) is 0 Å². The van der Waals surface area contributed by atoms with Crippen molar-refractivity contribution in [3.63, 3.8) is 0 Å². The van der Waals surface area contributed by atoms with Crippen LogP contribution in [0.15, 0.2) is 0 Å². The molecular weight excluding hydrogens is 216 g/mol. The minimum absolute atomic E-state index is 0.142. The molecule has 1 heterocycles. The molecule has 1 saturated carbocycles. The first-order valence-corrected chi connectivity index (χ1v) is 7.07. The van der Waals surface area contributed by atoms with Crippen molar-refractivity contribution in [2.24, 2.45) is 0 Å². The van der Waals surface area contributed by atoms with E-state index in [0.29, 0.717) is 19.1 Å². The zero-order valence-corrected chi connectivity index (χ0v) is 9.62. The maximum Gasteiger partial charge on any atom is 0.216 e. The van der Waals surface area contributed by atoms with Crippen molar-refractivity contribution in [3.8, 4) is 0 Å². The first-order valence-electron chi connectivity index (χ1n) is 5.46. The van der Waals surface area contributed by atoms with Gasteiger partial charge in [0, 0.05) is 32.2 Å². The number of aliphatic hydroxyl groups excluding tert-OH is 1. The van der Waals surface area contributed by atoms with Gasteiger partial charge in [0.05, 0.1) is 12.4 Å². The van der Waals surface area contributed by atoms with E-state index in [-0.39, 0.29) is 12.4 Å². The molecule has 1 N–H and O–H groups in total. The van der Waals surface area contributed by atoms with E-state index >= 15 is 0 Å². The Bertz CT molecular complexity index is 305. The number of rotatable bonds is 4. The van der Waals surface area contributed by atoms with Crippen molar-refractivity contribution in [1.82, 2.24) is 9.21 Å². The molecule has 2 fully saturated rings. The van der Waals surface area contributed by atoms with Crippen LogP contribution >= 0.6 is 0 Å². The van der Waals surface area contributed by atoms with Crippen LogP contribution in [0.25, 0.3) is 0 Å². The molecule has 0 aromatic carbocycles. The lowest BCUT2D eigenvalue weighted by atomic mass is 10.3. The first-order chi connectivity index (χ1) is 7.13. The van der Waals surface area contributed by atoms with Crippen LogP contribution in [0.3, 0.4) is 0 Å². The molecule has 0 amide bonds. The van der Waals surface area contributed by atoms with Gasteiger partial charge in [0.15, 0.2) is 0 Å². The third kappa shape index (κ3) is 2.69. The average Bonchev–Trinajstić information content (AvgIpc) is 3.01. The molecule has 0 unspecified atom stereocenters. The molecule has 5 nitrogen and oxygen atoms in total. The summed E-state index contributed by atoms with van der Waals surface area (Å²) in [6.45, 7) is 2.56. The van der Waals surface area contributed by atoms with E-state index in [4.69, 9.17) is 5.11 Å². The Labute approximate surface area is 90.7 Å². The second-order valence-electron chi connectivity index (χ2n) is 4.21. The minimum atomic E-state index is -3.21. The fourth-order valence-electron chi connectivity index (χ4n) is 2.03. The van der Waals surface area contributed by atoms with E-state index in [2.05, 4.69) is 4.90 Å². The van der Waals surface area contributed by atoms with Gasteiger partial charge >= 0.3 is 0 Å². The summed E-state index contributed by atoms with van der Waals surface area (Å²) in [4.78, 5) is 2.37. The fraction of sp³-hybridized carbons (Fsp3) is 1.00. The summed E-state index contributed by atoms with van der Waals surface area (Å²) in [7, 11) is -3.21. The van der Waals surface area contributed by atoms with Gasteiger partial charge < -0.3 is 5.11 Å². The van der Waals surface area contributed by atoms with E-state index < -0.39 is 10.0 Å². The van der Waals surface area contributed by atoms with Gasteiger partial charge in [-0.3, -0.25) is 4.90 Å². The smallest absolute Gasteiger partial charge is 0.216 e. The minimum Gasteiger partial charge on any atom is -0.395 e. The molecule has 0 radical (unpaired) electrons. The predicted octanol–water partition coefficient (Wildman–Crippen LogP) is -0.911.